The fourth-order valence-electron chi connectivity index (χ4n) is 3.18. The summed E-state index contributed by atoms with van der Waals surface area (Å²) in [5.74, 6) is 1.00. The number of allylic oxidation sites excluding steroid dienone is 1. The normalized spacial score (nSPS) is 11.1. The second-order valence-corrected chi connectivity index (χ2v) is 6.76. The molecule has 0 saturated heterocycles. The first kappa shape index (κ1) is 22.5. The van der Waals surface area contributed by atoms with Crippen LogP contribution in [0.25, 0.3) is 6.08 Å². The van der Waals surface area contributed by atoms with E-state index in [0.29, 0.717) is 23.6 Å². The molecule has 0 aromatic heterocycles. The third-order valence-corrected chi connectivity index (χ3v) is 4.89. The van der Waals surface area contributed by atoms with Gasteiger partial charge >= 0.3 is 0 Å². The van der Waals surface area contributed by atoms with Crippen LogP contribution in [0.5, 0.6) is 11.5 Å². The Balaban J connectivity index is 2.08. The molecule has 2 rings (SSSR count). The van der Waals surface area contributed by atoms with Gasteiger partial charge in [-0.05, 0) is 43.3 Å². The van der Waals surface area contributed by atoms with Gasteiger partial charge in [-0.25, -0.2) is 0 Å². The fourth-order valence-corrected chi connectivity index (χ4v) is 3.18. The molecular formula is C24H32N2O3. The molecule has 1 amide bonds. The number of benzene rings is 2. The SMILES string of the molecule is CC=Cc1cc(C(=O)NCc2ccc(CN(CC)CC)cc2)cc(OC)c1OC. The van der Waals surface area contributed by atoms with E-state index >= 15 is 0 Å². The lowest BCUT2D eigenvalue weighted by atomic mass is 10.1. The molecule has 0 bridgehead atoms. The minimum Gasteiger partial charge on any atom is -0.493 e. The summed E-state index contributed by atoms with van der Waals surface area (Å²) >= 11 is 0. The molecule has 0 spiro atoms. The zero-order valence-electron chi connectivity index (χ0n) is 18.1. The van der Waals surface area contributed by atoms with Crippen molar-refractivity contribution in [2.75, 3.05) is 27.3 Å². The standard InChI is InChI=1S/C24H32N2O3/c1-6-9-20-14-21(15-22(28-4)23(20)29-5)24(27)25-16-18-10-12-19(13-11-18)17-26(7-2)8-3/h6,9-15H,7-8,16-17H2,1-5H3,(H,25,27). The van der Waals surface area contributed by atoms with Crippen molar-refractivity contribution in [1.82, 2.24) is 10.2 Å². The highest BCUT2D eigenvalue weighted by Crippen LogP contribution is 2.33. The lowest BCUT2D eigenvalue weighted by Crippen LogP contribution is -2.23. The minimum absolute atomic E-state index is 0.149. The number of ether oxygens (including phenoxy) is 2. The molecule has 0 radical (unpaired) electrons. The summed E-state index contributed by atoms with van der Waals surface area (Å²) in [7, 11) is 3.16. The van der Waals surface area contributed by atoms with Crippen LogP contribution in [0.15, 0.2) is 42.5 Å². The van der Waals surface area contributed by atoms with Gasteiger partial charge in [0.15, 0.2) is 11.5 Å². The van der Waals surface area contributed by atoms with Gasteiger partial charge in [-0.1, -0.05) is 50.3 Å². The lowest BCUT2D eigenvalue weighted by molar-refractivity contribution is 0.0950. The third kappa shape index (κ3) is 6.09. The van der Waals surface area contributed by atoms with Crippen molar-refractivity contribution in [3.05, 3.63) is 64.7 Å². The molecule has 0 saturated carbocycles. The summed E-state index contributed by atoms with van der Waals surface area (Å²) in [6.07, 6.45) is 3.80. The van der Waals surface area contributed by atoms with E-state index in [4.69, 9.17) is 9.47 Å². The number of methoxy groups -OCH3 is 2. The monoisotopic (exact) mass is 396 g/mol. The van der Waals surface area contributed by atoms with E-state index in [1.165, 1.54) is 5.56 Å². The molecule has 0 atom stereocenters. The van der Waals surface area contributed by atoms with Gasteiger partial charge in [0.2, 0.25) is 0 Å². The van der Waals surface area contributed by atoms with E-state index in [1.54, 1.807) is 20.3 Å². The quantitative estimate of drug-likeness (QED) is 0.642. The highest BCUT2D eigenvalue weighted by molar-refractivity contribution is 5.95. The highest BCUT2D eigenvalue weighted by atomic mass is 16.5. The molecule has 0 fully saturated rings. The zero-order valence-corrected chi connectivity index (χ0v) is 18.1. The molecule has 29 heavy (non-hydrogen) atoms. The summed E-state index contributed by atoms with van der Waals surface area (Å²) in [6, 6.07) is 11.9. The molecule has 0 aliphatic heterocycles. The number of rotatable bonds is 10. The van der Waals surface area contributed by atoms with Crippen molar-refractivity contribution in [2.45, 2.75) is 33.9 Å². The molecule has 5 heteroatoms. The molecule has 2 aromatic rings. The van der Waals surface area contributed by atoms with E-state index < -0.39 is 0 Å². The number of carbonyl (C=O) groups excluding carboxylic acids is 1. The molecular weight excluding hydrogens is 364 g/mol. The molecule has 1 N–H and O–H groups in total. The first-order valence-electron chi connectivity index (χ1n) is 10.0. The topological polar surface area (TPSA) is 50.8 Å². The average molecular weight is 397 g/mol. The van der Waals surface area contributed by atoms with Crippen molar-refractivity contribution < 1.29 is 14.3 Å². The van der Waals surface area contributed by atoms with Crippen LogP contribution in [0.3, 0.4) is 0 Å². The first-order chi connectivity index (χ1) is 14.1. The smallest absolute Gasteiger partial charge is 0.251 e. The van der Waals surface area contributed by atoms with Crippen LogP contribution in [0.1, 0.15) is 47.8 Å². The van der Waals surface area contributed by atoms with Crippen LogP contribution >= 0.6 is 0 Å². The number of hydrogen-bond acceptors (Lipinski definition) is 4. The van der Waals surface area contributed by atoms with E-state index in [1.807, 2.05) is 25.1 Å². The Bertz CT molecular complexity index is 825. The second kappa shape index (κ2) is 11.3. The Morgan fingerprint density at radius 2 is 1.69 bits per heavy atom. The first-order valence-corrected chi connectivity index (χ1v) is 10.0. The van der Waals surface area contributed by atoms with Gasteiger partial charge in [-0.3, -0.25) is 9.69 Å². The average Bonchev–Trinajstić information content (AvgIpc) is 2.76. The Morgan fingerprint density at radius 3 is 2.24 bits per heavy atom. The Kier molecular flexibility index (Phi) is 8.74. The zero-order chi connectivity index (χ0) is 21.2. The largest absolute Gasteiger partial charge is 0.493 e. The third-order valence-electron chi connectivity index (χ3n) is 4.89. The second-order valence-electron chi connectivity index (χ2n) is 6.76. The van der Waals surface area contributed by atoms with Gasteiger partial charge in [0.05, 0.1) is 14.2 Å². The van der Waals surface area contributed by atoms with Crippen LogP contribution in [0.2, 0.25) is 0 Å². The maximum absolute atomic E-state index is 12.7. The van der Waals surface area contributed by atoms with Gasteiger partial charge in [-0.2, -0.15) is 0 Å². The van der Waals surface area contributed by atoms with Crippen molar-refractivity contribution in [3.8, 4) is 11.5 Å². The number of nitrogens with zero attached hydrogens (tertiary/aromatic N) is 1. The van der Waals surface area contributed by atoms with Gasteiger partial charge < -0.3 is 14.8 Å². The Hall–Kier alpha value is -2.79. The summed E-state index contributed by atoms with van der Waals surface area (Å²) in [4.78, 5) is 15.1. The van der Waals surface area contributed by atoms with E-state index in [-0.39, 0.29) is 5.91 Å². The Morgan fingerprint density at radius 1 is 1.03 bits per heavy atom. The van der Waals surface area contributed by atoms with Gasteiger partial charge in [0.25, 0.3) is 5.91 Å². The van der Waals surface area contributed by atoms with Crippen LogP contribution in [0.4, 0.5) is 0 Å². The van der Waals surface area contributed by atoms with Gasteiger partial charge in [-0.15, -0.1) is 0 Å². The predicted molar refractivity (Wildman–Crippen MR) is 118 cm³/mol. The fraction of sp³-hybridized carbons (Fsp3) is 0.375. The number of amides is 1. The molecule has 0 unspecified atom stereocenters. The van der Waals surface area contributed by atoms with Crippen LogP contribution in [-0.4, -0.2) is 38.1 Å². The van der Waals surface area contributed by atoms with Crippen molar-refractivity contribution in [3.63, 3.8) is 0 Å². The van der Waals surface area contributed by atoms with E-state index in [2.05, 4.69) is 48.3 Å². The van der Waals surface area contributed by atoms with Crippen LogP contribution in [-0.2, 0) is 13.1 Å². The predicted octanol–water partition coefficient (Wildman–Crippen LogP) is 4.51. The molecule has 0 aliphatic rings. The van der Waals surface area contributed by atoms with Crippen molar-refractivity contribution in [2.24, 2.45) is 0 Å². The molecule has 0 heterocycles. The molecule has 2 aromatic carbocycles. The number of carbonyl (C=O) groups is 1. The summed E-state index contributed by atoms with van der Waals surface area (Å²) in [5.41, 5.74) is 3.68. The van der Waals surface area contributed by atoms with Crippen molar-refractivity contribution >= 4 is 12.0 Å². The summed E-state index contributed by atoms with van der Waals surface area (Å²) < 4.78 is 10.8. The van der Waals surface area contributed by atoms with E-state index in [9.17, 15) is 4.79 Å². The molecule has 0 aliphatic carbocycles. The maximum Gasteiger partial charge on any atom is 0.251 e. The highest BCUT2D eigenvalue weighted by Gasteiger charge is 2.15. The van der Waals surface area contributed by atoms with Crippen molar-refractivity contribution in [1.29, 1.82) is 0 Å². The van der Waals surface area contributed by atoms with Gasteiger partial charge in [0, 0.05) is 24.2 Å². The molecule has 156 valence electrons. The number of hydrogen-bond donors (Lipinski definition) is 1. The summed E-state index contributed by atoms with van der Waals surface area (Å²) in [6.45, 7) is 9.75. The Labute approximate surface area is 174 Å². The summed E-state index contributed by atoms with van der Waals surface area (Å²) in [5, 5.41) is 2.99. The van der Waals surface area contributed by atoms with Crippen LogP contribution in [0, 0.1) is 0 Å². The molecule has 5 nitrogen and oxygen atoms in total. The minimum atomic E-state index is -0.149. The van der Waals surface area contributed by atoms with Gasteiger partial charge in [0.1, 0.15) is 0 Å². The lowest BCUT2D eigenvalue weighted by Gasteiger charge is -2.18. The maximum atomic E-state index is 12.7. The van der Waals surface area contributed by atoms with E-state index in [0.717, 1.165) is 30.8 Å². The number of nitrogens with one attached hydrogen (secondary N) is 1. The van der Waals surface area contributed by atoms with Crippen LogP contribution < -0.4 is 14.8 Å².